The van der Waals surface area contributed by atoms with Crippen molar-refractivity contribution in [2.24, 2.45) is 7.05 Å². The second-order valence-electron chi connectivity index (χ2n) is 7.33. The lowest BCUT2D eigenvalue weighted by molar-refractivity contribution is 0.355. The fourth-order valence-electron chi connectivity index (χ4n) is 3.89. The van der Waals surface area contributed by atoms with E-state index in [4.69, 9.17) is 14.9 Å². The summed E-state index contributed by atoms with van der Waals surface area (Å²) in [5.74, 6) is 1.40. The van der Waals surface area contributed by atoms with Crippen molar-refractivity contribution in [1.29, 1.82) is 5.41 Å². The Morgan fingerprint density at radius 2 is 1.62 bits per heavy atom. The number of pyridine rings is 1. The number of fused-ring (bicyclic) bond motifs is 2. The molecule has 0 unspecified atom stereocenters. The molecule has 2 aromatic carbocycles. The van der Waals surface area contributed by atoms with Crippen LogP contribution in [0, 0.1) is 5.41 Å². The number of hydrogen-bond acceptors (Lipinski definition) is 4. The van der Waals surface area contributed by atoms with E-state index in [9.17, 15) is 0 Å². The minimum atomic E-state index is 0.495. The Bertz CT molecular complexity index is 1240. The van der Waals surface area contributed by atoms with Crippen molar-refractivity contribution < 1.29 is 9.47 Å². The van der Waals surface area contributed by atoms with Crippen LogP contribution in [0.5, 0.6) is 11.5 Å². The Morgan fingerprint density at radius 3 is 2.31 bits per heavy atom. The first kappa shape index (κ1) is 18.9. The maximum absolute atomic E-state index is 8.13. The van der Waals surface area contributed by atoms with Gasteiger partial charge in [-0.2, -0.15) is 0 Å². The molecule has 0 saturated carbocycles. The molecule has 1 N–H and O–H groups in total. The first-order valence-electron chi connectivity index (χ1n) is 9.45. The average Bonchev–Trinajstić information content (AvgIpc) is 2.73. The fraction of sp³-hybridized carbons (Fsp3) is 0.208. The third kappa shape index (κ3) is 3.09. The molecule has 0 saturated heterocycles. The Hall–Kier alpha value is -3.47. The van der Waals surface area contributed by atoms with Crippen molar-refractivity contribution in [1.82, 2.24) is 4.57 Å². The van der Waals surface area contributed by atoms with Gasteiger partial charge in [0, 0.05) is 43.3 Å². The van der Waals surface area contributed by atoms with Gasteiger partial charge in [0.05, 0.1) is 30.8 Å². The van der Waals surface area contributed by atoms with Crippen LogP contribution in [0.3, 0.4) is 0 Å². The van der Waals surface area contributed by atoms with Crippen molar-refractivity contribution in [3.63, 3.8) is 0 Å². The lowest BCUT2D eigenvalue weighted by atomic mass is 9.91. The number of rotatable bonds is 4. The molecule has 148 valence electrons. The smallest absolute Gasteiger partial charge is 0.161 e. The Labute approximate surface area is 170 Å². The number of hydrogen-bond donors (Lipinski definition) is 1. The predicted octanol–water partition coefficient (Wildman–Crippen LogP) is 4.51. The molecule has 29 heavy (non-hydrogen) atoms. The summed E-state index contributed by atoms with van der Waals surface area (Å²) < 4.78 is 13.1. The molecule has 0 amide bonds. The van der Waals surface area contributed by atoms with Crippen molar-refractivity contribution >= 4 is 16.6 Å². The summed E-state index contributed by atoms with van der Waals surface area (Å²) in [5, 5.41) is 9.77. The number of nitrogens with zero attached hydrogens (tertiary/aromatic N) is 2. The molecule has 0 fully saturated rings. The number of benzene rings is 3. The normalized spacial score (nSPS) is 11.1. The van der Waals surface area contributed by atoms with E-state index in [2.05, 4.69) is 40.8 Å². The zero-order valence-corrected chi connectivity index (χ0v) is 17.4. The molecule has 1 aliphatic heterocycles. The van der Waals surface area contributed by atoms with Crippen LogP contribution in [-0.4, -0.2) is 32.9 Å². The molecule has 5 heteroatoms. The van der Waals surface area contributed by atoms with Crippen molar-refractivity contribution in [3.05, 3.63) is 60.0 Å². The number of methoxy groups -OCH3 is 2. The van der Waals surface area contributed by atoms with Crippen molar-refractivity contribution in [2.75, 3.05) is 33.2 Å². The van der Waals surface area contributed by atoms with Gasteiger partial charge in [0.15, 0.2) is 11.5 Å². The SMILES string of the molecule is COc1ccc(-c2c3ccc(=N)cc-3n(C)c3cc(N(C)C)ccc23)cc1OC. The molecule has 0 aromatic heterocycles. The van der Waals surface area contributed by atoms with Crippen molar-refractivity contribution in [3.8, 4) is 33.9 Å². The molecule has 2 aromatic rings. The molecule has 5 nitrogen and oxygen atoms in total. The van der Waals surface area contributed by atoms with Crippen LogP contribution < -0.4 is 19.7 Å². The highest BCUT2D eigenvalue weighted by atomic mass is 16.5. The van der Waals surface area contributed by atoms with Crippen LogP contribution in [-0.2, 0) is 7.05 Å². The maximum atomic E-state index is 8.13. The second kappa shape index (κ2) is 7.17. The Balaban J connectivity index is 2.14. The zero-order chi connectivity index (χ0) is 20.7. The molecule has 0 bridgehead atoms. The highest BCUT2D eigenvalue weighted by Gasteiger charge is 2.19. The lowest BCUT2D eigenvalue weighted by Crippen LogP contribution is -2.11. The quantitative estimate of drug-likeness (QED) is 0.524. The van der Waals surface area contributed by atoms with Gasteiger partial charge in [0.1, 0.15) is 0 Å². The molecular weight excluding hydrogens is 362 g/mol. The molecule has 1 aliphatic carbocycles. The van der Waals surface area contributed by atoms with Crippen LogP contribution in [0.15, 0.2) is 54.6 Å². The van der Waals surface area contributed by atoms with Gasteiger partial charge in [-0.05, 0) is 42.0 Å². The summed E-state index contributed by atoms with van der Waals surface area (Å²) in [7, 11) is 9.43. The Kier molecular flexibility index (Phi) is 4.66. The monoisotopic (exact) mass is 387 g/mol. The standard InChI is InChI=1S/C24H25N3O2/c1-26(2)17-8-10-19-21(14-17)27(3)20-13-16(25)7-9-18(20)24(19)15-6-11-22(28-4)23(12-15)29-5/h6-14,25H,1-5H3. The van der Waals surface area contributed by atoms with Crippen LogP contribution in [0.1, 0.15) is 0 Å². The summed E-state index contributed by atoms with van der Waals surface area (Å²) in [5.41, 5.74) is 6.53. The van der Waals surface area contributed by atoms with Crippen LogP contribution in [0.2, 0.25) is 0 Å². The average molecular weight is 387 g/mol. The van der Waals surface area contributed by atoms with Gasteiger partial charge in [-0.15, -0.1) is 0 Å². The highest BCUT2D eigenvalue weighted by Crippen LogP contribution is 2.42. The van der Waals surface area contributed by atoms with E-state index in [0.717, 1.165) is 39.0 Å². The van der Waals surface area contributed by atoms with Crippen LogP contribution >= 0.6 is 0 Å². The topological polar surface area (TPSA) is 50.5 Å². The van der Waals surface area contributed by atoms with E-state index in [1.54, 1.807) is 14.2 Å². The molecule has 0 radical (unpaired) electrons. The van der Waals surface area contributed by atoms with Gasteiger partial charge in [-0.3, -0.25) is 0 Å². The van der Waals surface area contributed by atoms with Crippen LogP contribution in [0.25, 0.3) is 33.3 Å². The first-order valence-corrected chi connectivity index (χ1v) is 9.45. The van der Waals surface area contributed by atoms with Crippen molar-refractivity contribution in [2.45, 2.75) is 0 Å². The summed E-state index contributed by atoms with van der Waals surface area (Å²) in [6.07, 6.45) is 0. The van der Waals surface area contributed by atoms with Gasteiger partial charge in [0.25, 0.3) is 0 Å². The summed E-state index contributed by atoms with van der Waals surface area (Å²) in [6, 6.07) is 18.3. The number of aromatic nitrogens is 1. The third-order valence-electron chi connectivity index (χ3n) is 5.43. The number of nitrogens with one attached hydrogen (secondary N) is 1. The van der Waals surface area contributed by atoms with Crippen LogP contribution in [0.4, 0.5) is 5.69 Å². The third-order valence-corrected chi connectivity index (χ3v) is 5.43. The maximum Gasteiger partial charge on any atom is 0.161 e. The van der Waals surface area contributed by atoms with Gasteiger partial charge in [-0.1, -0.05) is 18.2 Å². The highest BCUT2D eigenvalue weighted by molar-refractivity contribution is 6.04. The summed E-state index contributed by atoms with van der Waals surface area (Å²) in [6.45, 7) is 0. The number of ether oxygens (including phenoxy) is 2. The van der Waals surface area contributed by atoms with E-state index in [1.807, 2.05) is 44.4 Å². The summed E-state index contributed by atoms with van der Waals surface area (Å²) in [4.78, 5) is 2.10. The molecule has 0 spiro atoms. The molecule has 0 atom stereocenters. The van der Waals surface area contributed by atoms with E-state index in [1.165, 1.54) is 0 Å². The zero-order valence-electron chi connectivity index (χ0n) is 17.4. The van der Waals surface area contributed by atoms with Gasteiger partial charge < -0.3 is 24.4 Å². The fourth-order valence-corrected chi connectivity index (χ4v) is 3.89. The first-order chi connectivity index (χ1) is 13.9. The van der Waals surface area contributed by atoms with Gasteiger partial charge >= 0.3 is 0 Å². The number of anilines is 1. The molecule has 4 rings (SSSR count). The largest absolute Gasteiger partial charge is 0.493 e. The van der Waals surface area contributed by atoms with Gasteiger partial charge in [0.2, 0.25) is 0 Å². The molecule has 2 aliphatic rings. The number of aryl methyl sites for hydroxylation is 1. The lowest BCUT2D eigenvalue weighted by Gasteiger charge is -2.23. The molecular formula is C24H25N3O2. The molecule has 1 heterocycles. The van der Waals surface area contributed by atoms with Gasteiger partial charge in [-0.25, -0.2) is 0 Å². The van der Waals surface area contributed by atoms with E-state index >= 15 is 0 Å². The van der Waals surface area contributed by atoms with E-state index < -0.39 is 0 Å². The minimum absolute atomic E-state index is 0.495. The minimum Gasteiger partial charge on any atom is -0.493 e. The summed E-state index contributed by atoms with van der Waals surface area (Å²) >= 11 is 0. The second-order valence-corrected chi connectivity index (χ2v) is 7.33. The Morgan fingerprint density at radius 1 is 0.862 bits per heavy atom. The van der Waals surface area contributed by atoms with E-state index in [0.29, 0.717) is 16.9 Å². The predicted molar refractivity (Wildman–Crippen MR) is 118 cm³/mol. The van der Waals surface area contributed by atoms with E-state index in [-0.39, 0.29) is 0 Å².